The Hall–Kier alpha value is -4.08. The Bertz CT molecular complexity index is 1470. The topological polar surface area (TPSA) is 89.1 Å². The van der Waals surface area contributed by atoms with Gasteiger partial charge in [0.1, 0.15) is 23.1 Å². The molecule has 0 amide bonds. The summed E-state index contributed by atoms with van der Waals surface area (Å²) in [5.41, 5.74) is 0.531. The van der Waals surface area contributed by atoms with Gasteiger partial charge in [-0.2, -0.15) is 0 Å². The molecule has 0 fully saturated rings. The molecule has 2 N–H and O–H groups in total. The van der Waals surface area contributed by atoms with Crippen molar-refractivity contribution in [2.24, 2.45) is 0 Å². The number of alkyl halides is 2. The average molecular weight is 499 g/mol. The first-order valence-electron chi connectivity index (χ1n) is 11.2. The third-order valence-corrected chi connectivity index (χ3v) is 5.88. The maximum absolute atomic E-state index is 14.7. The van der Waals surface area contributed by atoms with Crippen molar-refractivity contribution in [3.63, 3.8) is 0 Å². The number of benzene rings is 2. The number of rotatable bonds is 8. The molecule has 4 rings (SSSR count). The van der Waals surface area contributed by atoms with Crippen LogP contribution in [0, 0.1) is 12.7 Å². The summed E-state index contributed by atoms with van der Waals surface area (Å²) in [6.45, 7) is 3.30. The molecule has 0 aliphatic rings. The number of nitrogens with one attached hydrogen (secondary N) is 2. The Morgan fingerprint density at radius 2 is 1.75 bits per heavy atom. The lowest BCUT2D eigenvalue weighted by atomic mass is 10.0. The molecule has 4 aromatic rings. The fourth-order valence-corrected chi connectivity index (χ4v) is 4.13. The molecule has 188 valence electrons. The average Bonchev–Trinajstić information content (AvgIpc) is 2.84. The number of H-pyrrole nitrogens is 1. The number of fused-ring (bicyclic) bond motifs is 1. The van der Waals surface area contributed by atoms with Gasteiger partial charge in [-0.25, -0.2) is 23.1 Å². The van der Waals surface area contributed by atoms with Crippen LogP contribution in [0.5, 0.6) is 11.5 Å². The Kier molecular flexibility index (Phi) is 7.14. The molecule has 0 saturated heterocycles. The van der Waals surface area contributed by atoms with Crippen LogP contribution in [0.4, 0.5) is 19.0 Å². The van der Waals surface area contributed by atoms with E-state index >= 15 is 0 Å². The summed E-state index contributed by atoms with van der Waals surface area (Å²) in [5, 5.41) is 3.59. The summed E-state index contributed by atoms with van der Waals surface area (Å²) in [5.74, 6) is 0.789. The highest BCUT2D eigenvalue weighted by molar-refractivity contribution is 5.87. The molecule has 10 heteroatoms. The number of aryl methyl sites for hydroxylation is 1. The predicted octanol–water partition coefficient (Wildman–Crippen LogP) is 5.48. The second-order valence-corrected chi connectivity index (χ2v) is 8.25. The van der Waals surface area contributed by atoms with E-state index in [9.17, 15) is 18.0 Å². The summed E-state index contributed by atoms with van der Waals surface area (Å²) < 4.78 is 52.0. The molecule has 0 aliphatic carbocycles. The summed E-state index contributed by atoms with van der Waals surface area (Å²) >= 11 is 0. The van der Waals surface area contributed by atoms with Gasteiger partial charge in [-0.3, -0.25) is 4.79 Å². The van der Waals surface area contributed by atoms with Crippen LogP contribution in [0.15, 0.2) is 47.3 Å². The number of halogens is 3. The predicted molar refractivity (Wildman–Crippen MR) is 131 cm³/mol. The van der Waals surface area contributed by atoms with Gasteiger partial charge >= 0.3 is 0 Å². The van der Waals surface area contributed by atoms with Crippen molar-refractivity contribution in [2.45, 2.75) is 32.7 Å². The fraction of sp³-hybridized carbons (Fsp3) is 0.269. The molecule has 0 aliphatic heterocycles. The van der Waals surface area contributed by atoms with Crippen molar-refractivity contribution >= 4 is 16.9 Å². The molecular formula is C26H25F3N4O3. The molecular weight excluding hydrogens is 473 g/mol. The molecule has 36 heavy (non-hydrogen) atoms. The summed E-state index contributed by atoms with van der Waals surface area (Å²) in [6, 6.07) is 10.2. The Balaban J connectivity index is 1.76. The van der Waals surface area contributed by atoms with Gasteiger partial charge < -0.3 is 19.8 Å². The standard InChI is InChI=1S/C26H25F3N4O3/c1-13(17-8-6-9-18(21(17)27)23(28)29)30-24-19-12-16(26(34)33-25(19)32-14(2)31-24)11-15-7-5-10-20(35-3)22(15)36-4/h5-10,12-13,23H,11H2,1-4H3,(H2,30,31,32,33,34)/t13-/m1/s1. The van der Waals surface area contributed by atoms with Crippen molar-refractivity contribution in [1.29, 1.82) is 0 Å². The Morgan fingerprint density at radius 1 is 1.03 bits per heavy atom. The minimum Gasteiger partial charge on any atom is -0.493 e. The second-order valence-electron chi connectivity index (χ2n) is 8.25. The number of anilines is 1. The number of hydrogen-bond acceptors (Lipinski definition) is 6. The van der Waals surface area contributed by atoms with E-state index in [2.05, 4.69) is 20.3 Å². The maximum atomic E-state index is 14.7. The summed E-state index contributed by atoms with van der Waals surface area (Å²) in [6.07, 6.45) is -2.69. The molecule has 7 nitrogen and oxygen atoms in total. The number of methoxy groups -OCH3 is 2. The molecule has 0 spiro atoms. The zero-order valence-electron chi connectivity index (χ0n) is 20.2. The van der Waals surface area contributed by atoms with Crippen molar-refractivity contribution in [2.75, 3.05) is 19.5 Å². The highest BCUT2D eigenvalue weighted by atomic mass is 19.3. The van der Waals surface area contributed by atoms with Crippen molar-refractivity contribution in [3.05, 3.63) is 86.7 Å². The van der Waals surface area contributed by atoms with E-state index in [0.717, 1.165) is 11.6 Å². The van der Waals surface area contributed by atoms with Crippen LogP contribution in [0.3, 0.4) is 0 Å². The van der Waals surface area contributed by atoms with Crippen molar-refractivity contribution in [1.82, 2.24) is 15.0 Å². The lowest BCUT2D eigenvalue weighted by molar-refractivity contribution is 0.146. The number of ether oxygens (including phenoxy) is 2. The summed E-state index contributed by atoms with van der Waals surface area (Å²) in [7, 11) is 3.05. The number of nitrogens with zero attached hydrogens (tertiary/aromatic N) is 2. The number of pyridine rings is 1. The molecule has 2 aromatic heterocycles. The molecule has 2 heterocycles. The first-order chi connectivity index (χ1) is 17.2. The Morgan fingerprint density at radius 3 is 2.44 bits per heavy atom. The van der Waals surface area contributed by atoms with Crippen LogP contribution < -0.4 is 20.3 Å². The highest BCUT2D eigenvalue weighted by Crippen LogP contribution is 2.33. The number of aromatic amines is 1. The summed E-state index contributed by atoms with van der Waals surface area (Å²) in [4.78, 5) is 24.4. The smallest absolute Gasteiger partial charge is 0.266 e. The molecule has 0 radical (unpaired) electrons. The van der Waals surface area contributed by atoms with E-state index in [4.69, 9.17) is 9.47 Å². The van der Waals surface area contributed by atoms with Crippen LogP contribution >= 0.6 is 0 Å². The van der Waals surface area contributed by atoms with Crippen LogP contribution in [0.1, 0.15) is 47.5 Å². The fourth-order valence-electron chi connectivity index (χ4n) is 4.13. The lowest BCUT2D eigenvalue weighted by Gasteiger charge is -2.19. The molecule has 0 bridgehead atoms. The first kappa shape index (κ1) is 25.0. The van der Waals surface area contributed by atoms with E-state index in [-0.39, 0.29) is 17.5 Å². The van der Waals surface area contributed by atoms with Crippen molar-refractivity contribution < 1.29 is 22.6 Å². The van der Waals surface area contributed by atoms with Crippen LogP contribution in [-0.4, -0.2) is 29.2 Å². The highest BCUT2D eigenvalue weighted by Gasteiger charge is 2.21. The van der Waals surface area contributed by atoms with Gasteiger partial charge in [-0.1, -0.05) is 30.3 Å². The van der Waals surface area contributed by atoms with Gasteiger partial charge in [0.15, 0.2) is 11.5 Å². The number of hydrogen-bond donors (Lipinski definition) is 2. The zero-order valence-corrected chi connectivity index (χ0v) is 20.2. The van der Waals surface area contributed by atoms with E-state index in [1.807, 2.05) is 6.07 Å². The van der Waals surface area contributed by atoms with Gasteiger partial charge in [0, 0.05) is 23.1 Å². The number of aromatic nitrogens is 3. The van der Waals surface area contributed by atoms with E-state index < -0.39 is 23.8 Å². The first-order valence-corrected chi connectivity index (χ1v) is 11.2. The molecule has 0 saturated carbocycles. The van der Waals surface area contributed by atoms with E-state index in [1.54, 1.807) is 32.0 Å². The van der Waals surface area contributed by atoms with Crippen molar-refractivity contribution in [3.8, 4) is 11.5 Å². The minimum atomic E-state index is -2.93. The van der Waals surface area contributed by atoms with Gasteiger partial charge in [0.05, 0.1) is 31.2 Å². The third-order valence-electron chi connectivity index (χ3n) is 5.88. The van der Waals surface area contributed by atoms with Gasteiger partial charge in [-0.15, -0.1) is 0 Å². The number of para-hydroxylation sites is 1. The van der Waals surface area contributed by atoms with Crippen LogP contribution in [-0.2, 0) is 6.42 Å². The molecule has 1 atom stereocenters. The largest absolute Gasteiger partial charge is 0.493 e. The van der Waals surface area contributed by atoms with Gasteiger partial charge in [0.2, 0.25) is 0 Å². The van der Waals surface area contributed by atoms with Gasteiger partial charge in [-0.05, 0) is 26.0 Å². The van der Waals surface area contributed by atoms with Crippen LogP contribution in [0.2, 0.25) is 0 Å². The van der Waals surface area contributed by atoms with Gasteiger partial charge in [0.25, 0.3) is 12.0 Å². The second kappa shape index (κ2) is 10.3. The minimum absolute atomic E-state index is 0.0722. The van der Waals surface area contributed by atoms with E-state index in [1.165, 1.54) is 26.4 Å². The maximum Gasteiger partial charge on any atom is 0.266 e. The molecule has 2 aromatic carbocycles. The third kappa shape index (κ3) is 4.84. The molecule has 0 unspecified atom stereocenters. The lowest BCUT2D eigenvalue weighted by Crippen LogP contribution is -2.16. The monoisotopic (exact) mass is 498 g/mol. The quantitative estimate of drug-likeness (QED) is 0.334. The zero-order chi connectivity index (χ0) is 26.0. The SMILES string of the molecule is COc1cccc(Cc2cc3c(N[C@H](C)c4cccc(C(F)F)c4F)nc(C)nc3[nH]c2=O)c1OC. The Labute approximate surface area is 205 Å². The van der Waals surface area contributed by atoms with Crippen LogP contribution in [0.25, 0.3) is 11.0 Å². The van der Waals surface area contributed by atoms with E-state index in [0.29, 0.717) is 39.7 Å². The normalized spacial score (nSPS) is 12.1.